The summed E-state index contributed by atoms with van der Waals surface area (Å²) in [6.45, 7) is 0. The zero-order valence-electron chi connectivity index (χ0n) is 12.8. The summed E-state index contributed by atoms with van der Waals surface area (Å²) in [6, 6.07) is 10.2. The third-order valence-corrected chi connectivity index (χ3v) is 3.43. The topological polar surface area (TPSA) is 132 Å². The molecule has 0 radical (unpaired) electrons. The number of benzene rings is 2. The Morgan fingerprint density at radius 1 is 0.800 bits per heavy atom. The van der Waals surface area contributed by atoms with Crippen LogP contribution in [-0.4, -0.2) is 38.1 Å². The van der Waals surface area contributed by atoms with Crippen LogP contribution < -0.4 is 0 Å². The first kappa shape index (κ1) is 17.7. The van der Waals surface area contributed by atoms with Gasteiger partial charge in [-0.05, 0) is 48.0 Å². The van der Waals surface area contributed by atoms with Gasteiger partial charge in [0.05, 0.1) is 5.57 Å². The highest BCUT2D eigenvalue weighted by Gasteiger charge is 2.34. The fourth-order valence-electron chi connectivity index (χ4n) is 2.20. The Labute approximate surface area is 142 Å². The Bertz CT molecular complexity index is 833. The van der Waals surface area contributed by atoms with Crippen LogP contribution in [0.5, 0.6) is 11.5 Å². The zero-order valence-corrected chi connectivity index (χ0v) is 12.8. The molecule has 2 rings (SSSR count). The van der Waals surface area contributed by atoms with Gasteiger partial charge in [0.15, 0.2) is 11.7 Å². The molecule has 0 saturated heterocycles. The number of carbonyl (C=O) groups is 3. The molecule has 0 bridgehead atoms. The summed E-state index contributed by atoms with van der Waals surface area (Å²) in [5.41, 5.74) is -0.334. The normalized spacial score (nSPS) is 12.4. The number of rotatable bonds is 6. The van der Waals surface area contributed by atoms with Crippen LogP contribution in [0.25, 0.3) is 6.08 Å². The lowest BCUT2D eigenvalue weighted by atomic mass is 9.89. The first-order valence-electron chi connectivity index (χ1n) is 7.09. The van der Waals surface area contributed by atoms with E-state index in [-0.39, 0.29) is 17.1 Å². The molecule has 0 saturated carbocycles. The van der Waals surface area contributed by atoms with Crippen molar-refractivity contribution in [3.05, 3.63) is 65.2 Å². The number of aliphatic carboxylic acids is 2. The number of hydrogen-bond donors (Lipinski definition) is 4. The zero-order chi connectivity index (χ0) is 18.6. The van der Waals surface area contributed by atoms with E-state index in [1.54, 1.807) is 0 Å². The molecule has 0 aromatic heterocycles. The van der Waals surface area contributed by atoms with Crippen molar-refractivity contribution in [1.82, 2.24) is 0 Å². The summed E-state index contributed by atoms with van der Waals surface area (Å²) in [7, 11) is 0. The molecule has 0 fully saturated rings. The Balaban J connectivity index is 2.48. The lowest BCUT2D eigenvalue weighted by Gasteiger charge is -2.13. The second-order valence-electron chi connectivity index (χ2n) is 5.18. The van der Waals surface area contributed by atoms with Crippen LogP contribution in [0.2, 0.25) is 0 Å². The molecule has 25 heavy (non-hydrogen) atoms. The van der Waals surface area contributed by atoms with E-state index in [4.69, 9.17) is 0 Å². The molecule has 2 aromatic carbocycles. The molecule has 0 aliphatic carbocycles. The molecule has 7 heteroatoms. The van der Waals surface area contributed by atoms with E-state index in [9.17, 15) is 34.8 Å². The maximum absolute atomic E-state index is 12.5. The minimum atomic E-state index is -1.92. The van der Waals surface area contributed by atoms with E-state index in [0.29, 0.717) is 5.56 Å². The maximum Gasteiger partial charge on any atom is 0.332 e. The SMILES string of the molecule is O=C(O)/C(=C/c1ccc(O)cc1)[C@@H](C(=O)O)C(=O)c1ccc(O)cc1. The van der Waals surface area contributed by atoms with Crippen molar-refractivity contribution in [2.45, 2.75) is 0 Å². The van der Waals surface area contributed by atoms with Gasteiger partial charge in [-0.3, -0.25) is 9.59 Å². The highest BCUT2D eigenvalue weighted by Crippen LogP contribution is 2.23. The van der Waals surface area contributed by atoms with E-state index in [0.717, 1.165) is 6.08 Å². The molecular formula is C18H14O7. The molecule has 0 amide bonds. The van der Waals surface area contributed by atoms with Crippen LogP contribution in [0.15, 0.2) is 54.1 Å². The maximum atomic E-state index is 12.5. The van der Waals surface area contributed by atoms with Crippen molar-refractivity contribution >= 4 is 23.8 Å². The number of phenols is 2. The fourth-order valence-corrected chi connectivity index (χ4v) is 2.20. The third kappa shape index (κ3) is 4.23. The lowest BCUT2D eigenvalue weighted by Crippen LogP contribution is -2.29. The van der Waals surface area contributed by atoms with Gasteiger partial charge in [-0.25, -0.2) is 4.79 Å². The van der Waals surface area contributed by atoms with Crippen LogP contribution in [0.1, 0.15) is 15.9 Å². The van der Waals surface area contributed by atoms with Crippen LogP contribution in [0.4, 0.5) is 0 Å². The van der Waals surface area contributed by atoms with Crippen molar-refractivity contribution in [2.24, 2.45) is 5.92 Å². The van der Waals surface area contributed by atoms with Crippen molar-refractivity contribution in [1.29, 1.82) is 0 Å². The quantitative estimate of drug-likeness (QED) is 0.359. The molecule has 0 spiro atoms. The molecule has 7 nitrogen and oxygen atoms in total. The smallest absolute Gasteiger partial charge is 0.332 e. The number of carboxylic acids is 2. The second-order valence-corrected chi connectivity index (χ2v) is 5.18. The Morgan fingerprint density at radius 2 is 1.28 bits per heavy atom. The summed E-state index contributed by atoms with van der Waals surface area (Å²) >= 11 is 0. The highest BCUT2D eigenvalue weighted by molar-refractivity contribution is 6.16. The summed E-state index contributed by atoms with van der Waals surface area (Å²) in [6.07, 6.45) is 1.07. The summed E-state index contributed by atoms with van der Waals surface area (Å²) in [4.78, 5) is 35.6. The van der Waals surface area contributed by atoms with Gasteiger partial charge in [-0.15, -0.1) is 0 Å². The second kappa shape index (κ2) is 7.31. The largest absolute Gasteiger partial charge is 0.508 e. The summed E-state index contributed by atoms with van der Waals surface area (Å²) in [5.74, 6) is -6.14. The lowest BCUT2D eigenvalue weighted by molar-refractivity contribution is -0.142. The molecule has 4 N–H and O–H groups in total. The van der Waals surface area contributed by atoms with E-state index in [1.807, 2.05) is 0 Å². The van der Waals surface area contributed by atoms with Gasteiger partial charge in [-0.1, -0.05) is 12.1 Å². The van der Waals surface area contributed by atoms with Crippen LogP contribution in [0, 0.1) is 5.92 Å². The molecule has 0 aliphatic heterocycles. The van der Waals surface area contributed by atoms with Gasteiger partial charge >= 0.3 is 11.9 Å². The number of ketones is 1. The molecule has 0 unspecified atom stereocenters. The van der Waals surface area contributed by atoms with E-state index in [1.165, 1.54) is 48.5 Å². The minimum Gasteiger partial charge on any atom is -0.508 e. The molecule has 2 aromatic rings. The first-order valence-corrected chi connectivity index (χ1v) is 7.09. The number of aromatic hydroxyl groups is 2. The highest BCUT2D eigenvalue weighted by atomic mass is 16.4. The summed E-state index contributed by atoms with van der Waals surface area (Å²) < 4.78 is 0. The molecule has 0 heterocycles. The first-order chi connectivity index (χ1) is 11.8. The Morgan fingerprint density at radius 3 is 1.72 bits per heavy atom. The van der Waals surface area contributed by atoms with Crippen molar-refractivity contribution in [3.8, 4) is 11.5 Å². The molecule has 0 aliphatic rings. The van der Waals surface area contributed by atoms with Crippen LogP contribution >= 0.6 is 0 Å². The molecular weight excluding hydrogens is 328 g/mol. The minimum absolute atomic E-state index is 0.0380. The number of hydrogen-bond acceptors (Lipinski definition) is 5. The van der Waals surface area contributed by atoms with Gasteiger partial charge in [0, 0.05) is 5.56 Å². The van der Waals surface area contributed by atoms with Gasteiger partial charge in [0.1, 0.15) is 11.5 Å². The number of phenolic OH excluding ortho intramolecular Hbond substituents is 2. The number of Topliss-reactive ketones (excluding diaryl/α,β-unsaturated/α-hetero) is 1. The Kier molecular flexibility index (Phi) is 5.18. The van der Waals surface area contributed by atoms with E-state index >= 15 is 0 Å². The van der Waals surface area contributed by atoms with E-state index in [2.05, 4.69) is 0 Å². The standard InChI is InChI=1S/C18H14O7/c19-12-5-1-10(2-6-12)9-14(17(22)23)15(18(24)25)16(21)11-3-7-13(20)8-4-11/h1-9,15,19-20H,(H,22,23)(H,24,25)/b14-9+/t15-/m1/s1. The van der Waals surface area contributed by atoms with Gasteiger partial charge in [-0.2, -0.15) is 0 Å². The summed E-state index contributed by atoms with van der Waals surface area (Å²) in [5, 5.41) is 37.3. The molecule has 1 atom stereocenters. The van der Waals surface area contributed by atoms with Gasteiger partial charge < -0.3 is 20.4 Å². The predicted molar refractivity (Wildman–Crippen MR) is 87.3 cm³/mol. The van der Waals surface area contributed by atoms with Crippen molar-refractivity contribution in [3.63, 3.8) is 0 Å². The average molecular weight is 342 g/mol. The molecule has 128 valence electrons. The van der Waals surface area contributed by atoms with Gasteiger partial charge in [0.2, 0.25) is 0 Å². The van der Waals surface area contributed by atoms with Gasteiger partial charge in [0.25, 0.3) is 0 Å². The van der Waals surface area contributed by atoms with Crippen molar-refractivity contribution in [2.75, 3.05) is 0 Å². The monoisotopic (exact) mass is 342 g/mol. The Hall–Kier alpha value is -3.61. The van der Waals surface area contributed by atoms with E-state index < -0.39 is 29.2 Å². The van der Waals surface area contributed by atoms with Crippen LogP contribution in [-0.2, 0) is 9.59 Å². The van der Waals surface area contributed by atoms with Crippen molar-refractivity contribution < 1.29 is 34.8 Å². The predicted octanol–water partition coefficient (Wildman–Crippen LogP) is 2.15. The average Bonchev–Trinajstić information content (AvgIpc) is 2.56. The third-order valence-electron chi connectivity index (χ3n) is 3.43. The fraction of sp³-hybridized carbons (Fsp3) is 0.0556. The number of carbonyl (C=O) groups excluding carboxylic acids is 1. The van der Waals surface area contributed by atoms with Crippen LogP contribution in [0.3, 0.4) is 0 Å². The number of carboxylic acid groups (broad SMARTS) is 2.